The molecule has 1 heterocycles. The fourth-order valence-corrected chi connectivity index (χ4v) is 2.37. The van der Waals surface area contributed by atoms with E-state index in [-0.39, 0.29) is 0 Å². The van der Waals surface area contributed by atoms with Crippen molar-refractivity contribution in [1.29, 1.82) is 0 Å². The predicted molar refractivity (Wildman–Crippen MR) is 68.2 cm³/mol. The average molecular weight is 253 g/mol. The van der Waals surface area contributed by atoms with Gasteiger partial charge in [0.15, 0.2) is 5.82 Å². The Morgan fingerprint density at radius 1 is 1.33 bits per heavy atom. The molecule has 2 rings (SSSR count). The molecule has 1 saturated carbocycles. The lowest BCUT2D eigenvalue weighted by atomic mass is 9.93. The zero-order valence-corrected chi connectivity index (χ0v) is 11.3. The summed E-state index contributed by atoms with van der Waals surface area (Å²) in [6, 6.07) is 0.678. The normalized spacial score (nSPS) is 24.3. The fourth-order valence-electron chi connectivity index (χ4n) is 2.37. The summed E-state index contributed by atoms with van der Waals surface area (Å²) in [6.07, 6.45) is 6.21. The monoisotopic (exact) mass is 253 g/mol. The number of hydrogen-bond donors (Lipinski definition) is 1. The third kappa shape index (κ3) is 4.07. The van der Waals surface area contributed by atoms with Crippen LogP contribution in [0.5, 0.6) is 0 Å². The number of rotatable bonds is 6. The quantitative estimate of drug-likeness (QED) is 0.842. The lowest BCUT2D eigenvalue weighted by molar-refractivity contribution is 0.00747. The highest BCUT2D eigenvalue weighted by atomic mass is 16.5. The molecule has 1 fully saturated rings. The summed E-state index contributed by atoms with van der Waals surface area (Å²) < 4.78 is 10.7. The molecule has 5 heteroatoms. The molecule has 1 aromatic heterocycles. The molecule has 0 unspecified atom stereocenters. The molecule has 18 heavy (non-hydrogen) atoms. The van der Waals surface area contributed by atoms with Crippen molar-refractivity contribution in [3.63, 3.8) is 0 Å². The molecule has 1 N–H and O–H groups in total. The van der Waals surface area contributed by atoms with Crippen LogP contribution in [0.2, 0.25) is 0 Å². The van der Waals surface area contributed by atoms with Gasteiger partial charge >= 0.3 is 0 Å². The van der Waals surface area contributed by atoms with Gasteiger partial charge in [0.05, 0.1) is 6.10 Å². The second-order valence-corrected chi connectivity index (χ2v) is 4.97. The van der Waals surface area contributed by atoms with Gasteiger partial charge in [0.1, 0.15) is 6.61 Å². The maximum atomic E-state index is 5.82. The van der Waals surface area contributed by atoms with Crippen LogP contribution < -0.4 is 5.32 Å². The Morgan fingerprint density at radius 3 is 2.72 bits per heavy atom. The SMILES string of the molecule is CCCNC1CCC(OCc2noc(C)n2)CC1. The first-order chi connectivity index (χ1) is 8.78. The van der Waals surface area contributed by atoms with Gasteiger partial charge in [-0.25, -0.2) is 0 Å². The number of aromatic nitrogens is 2. The molecular weight excluding hydrogens is 230 g/mol. The Balaban J connectivity index is 1.64. The van der Waals surface area contributed by atoms with E-state index in [2.05, 4.69) is 22.4 Å². The molecule has 5 nitrogen and oxygen atoms in total. The maximum Gasteiger partial charge on any atom is 0.223 e. The van der Waals surface area contributed by atoms with Gasteiger partial charge in [-0.2, -0.15) is 4.98 Å². The highest BCUT2D eigenvalue weighted by Gasteiger charge is 2.21. The summed E-state index contributed by atoms with van der Waals surface area (Å²) in [6.45, 7) is 5.59. The molecule has 0 saturated heterocycles. The minimum atomic E-state index is 0.350. The lowest BCUT2D eigenvalue weighted by Crippen LogP contribution is -2.35. The van der Waals surface area contributed by atoms with E-state index in [4.69, 9.17) is 9.26 Å². The average Bonchev–Trinajstić information content (AvgIpc) is 2.81. The molecule has 0 amide bonds. The van der Waals surface area contributed by atoms with E-state index in [1.807, 2.05) is 0 Å². The summed E-state index contributed by atoms with van der Waals surface area (Å²) in [5.41, 5.74) is 0. The van der Waals surface area contributed by atoms with Crippen LogP contribution in [-0.2, 0) is 11.3 Å². The van der Waals surface area contributed by atoms with Gasteiger partial charge in [0.25, 0.3) is 0 Å². The van der Waals surface area contributed by atoms with Gasteiger partial charge in [0.2, 0.25) is 5.89 Å². The van der Waals surface area contributed by atoms with E-state index in [9.17, 15) is 0 Å². The Hall–Kier alpha value is -0.940. The smallest absolute Gasteiger partial charge is 0.223 e. The van der Waals surface area contributed by atoms with Crippen LogP contribution in [0.15, 0.2) is 4.52 Å². The fraction of sp³-hybridized carbons (Fsp3) is 0.846. The molecule has 1 aliphatic carbocycles. The van der Waals surface area contributed by atoms with Gasteiger partial charge in [-0.3, -0.25) is 0 Å². The molecular formula is C13H23N3O2. The minimum absolute atomic E-state index is 0.350. The van der Waals surface area contributed by atoms with Gasteiger partial charge in [0, 0.05) is 13.0 Å². The molecule has 0 bridgehead atoms. The van der Waals surface area contributed by atoms with Crippen LogP contribution in [-0.4, -0.2) is 28.8 Å². The second kappa shape index (κ2) is 6.85. The first-order valence-electron chi connectivity index (χ1n) is 6.92. The van der Waals surface area contributed by atoms with Crippen LogP contribution in [0.1, 0.15) is 50.7 Å². The van der Waals surface area contributed by atoms with Gasteiger partial charge < -0.3 is 14.6 Å². The van der Waals surface area contributed by atoms with E-state index in [0.717, 1.165) is 19.4 Å². The number of aryl methyl sites for hydroxylation is 1. The zero-order valence-electron chi connectivity index (χ0n) is 11.3. The topological polar surface area (TPSA) is 60.2 Å². The van der Waals surface area contributed by atoms with E-state index in [0.29, 0.717) is 30.5 Å². The molecule has 0 aromatic carbocycles. The van der Waals surface area contributed by atoms with Crippen LogP contribution >= 0.6 is 0 Å². The summed E-state index contributed by atoms with van der Waals surface area (Å²) in [5.74, 6) is 1.25. The van der Waals surface area contributed by atoms with Crippen LogP contribution in [0.3, 0.4) is 0 Å². The standard InChI is InChI=1S/C13H23N3O2/c1-3-8-14-11-4-6-12(7-5-11)17-9-13-15-10(2)18-16-13/h11-12,14H,3-9H2,1-2H3. The summed E-state index contributed by atoms with van der Waals surface area (Å²) in [4.78, 5) is 4.14. The van der Waals surface area contributed by atoms with Crippen LogP contribution in [0.4, 0.5) is 0 Å². The summed E-state index contributed by atoms with van der Waals surface area (Å²) in [7, 11) is 0. The maximum absolute atomic E-state index is 5.82. The van der Waals surface area contributed by atoms with Crippen LogP contribution in [0.25, 0.3) is 0 Å². The van der Waals surface area contributed by atoms with Crippen molar-refractivity contribution in [2.75, 3.05) is 6.54 Å². The van der Waals surface area contributed by atoms with Crippen molar-refractivity contribution in [3.8, 4) is 0 Å². The highest BCUT2D eigenvalue weighted by molar-refractivity contribution is 4.82. The van der Waals surface area contributed by atoms with E-state index in [1.165, 1.54) is 19.3 Å². The summed E-state index contributed by atoms with van der Waals surface area (Å²) in [5, 5.41) is 7.41. The Labute approximate surface area is 108 Å². The minimum Gasteiger partial charge on any atom is -0.370 e. The molecule has 0 aliphatic heterocycles. The zero-order chi connectivity index (χ0) is 12.8. The molecule has 1 aromatic rings. The molecule has 102 valence electrons. The van der Waals surface area contributed by atoms with E-state index < -0.39 is 0 Å². The highest BCUT2D eigenvalue weighted by Crippen LogP contribution is 2.21. The van der Waals surface area contributed by atoms with Gasteiger partial charge in [-0.15, -0.1) is 0 Å². The van der Waals surface area contributed by atoms with E-state index in [1.54, 1.807) is 6.92 Å². The van der Waals surface area contributed by atoms with Crippen molar-refractivity contribution < 1.29 is 9.26 Å². The first-order valence-corrected chi connectivity index (χ1v) is 6.92. The number of nitrogens with zero attached hydrogens (tertiary/aromatic N) is 2. The largest absolute Gasteiger partial charge is 0.370 e. The van der Waals surface area contributed by atoms with Crippen molar-refractivity contribution in [3.05, 3.63) is 11.7 Å². The van der Waals surface area contributed by atoms with Crippen molar-refractivity contribution >= 4 is 0 Å². The first kappa shape index (κ1) is 13.5. The molecule has 0 spiro atoms. The third-order valence-corrected chi connectivity index (χ3v) is 3.37. The summed E-state index contributed by atoms with van der Waals surface area (Å²) >= 11 is 0. The lowest BCUT2D eigenvalue weighted by Gasteiger charge is -2.28. The van der Waals surface area contributed by atoms with Gasteiger partial charge in [-0.05, 0) is 38.6 Å². The van der Waals surface area contributed by atoms with E-state index >= 15 is 0 Å². The molecule has 1 aliphatic rings. The molecule has 0 atom stereocenters. The van der Waals surface area contributed by atoms with Crippen molar-refractivity contribution in [1.82, 2.24) is 15.5 Å². The van der Waals surface area contributed by atoms with Crippen molar-refractivity contribution in [2.45, 2.75) is 64.7 Å². The molecule has 0 radical (unpaired) electrons. The third-order valence-electron chi connectivity index (χ3n) is 3.37. The number of ether oxygens (including phenoxy) is 1. The Morgan fingerprint density at radius 2 is 2.11 bits per heavy atom. The second-order valence-electron chi connectivity index (χ2n) is 4.97. The number of nitrogens with one attached hydrogen (secondary N) is 1. The van der Waals surface area contributed by atoms with Gasteiger partial charge in [-0.1, -0.05) is 12.1 Å². The Bertz CT molecular complexity index is 346. The Kier molecular flexibility index (Phi) is 5.13. The van der Waals surface area contributed by atoms with Crippen molar-refractivity contribution in [2.24, 2.45) is 0 Å². The van der Waals surface area contributed by atoms with Crippen LogP contribution in [0, 0.1) is 6.92 Å². The number of hydrogen-bond acceptors (Lipinski definition) is 5. The predicted octanol–water partition coefficient (Wildman–Crippen LogP) is 2.21.